The van der Waals surface area contributed by atoms with Gasteiger partial charge in [0, 0.05) is 48.3 Å². The number of anilines is 1. The van der Waals surface area contributed by atoms with Crippen molar-refractivity contribution >= 4 is 45.8 Å². The standard InChI is InChI=1S/C21H20ClN5O4/c22-15-5-2-6-16(13-15)23-21(29)26-9-3-8-25(10-11-26)20(28)17-12-14-4-1-7-18(27(30)31)19(14)24-17/h1-2,4-7,12-13,24H,3,8-11H2,(H,23,29). The molecule has 1 aromatic heterocycles. The van der Waals surface area contributed by atoms with Crippen molar-refractivity contribution in [3.63, 3.8) is 0 Å². The number of carbonyl (C=O) groups excluding carboxylic acids is 2. The Morgan fingerprint density at radius 3 is 2.55 bits per heavy atom. The second-order valence-corrected chi connectivity index (χ2v) is 7.69. The number of nitro groups is 1. The zero-order chi connectivity index (χ0) is 22.0. The fraction of sp³-hybridized carbons (Fsp3) is 0.238. The van der Waals surface area contributed by atoms with Crippen LogP contribution in [0.5, 0.6) is 0 Å². The molecule has 2 heterocycles. The van der Waals surface area contributed by atoms with Crippen LogP contribution in [0.4, 0.5) is 16.2 Å². The van der Waals surface area contributed by atoms with E-state index >= 15 is 0 Å². The molecule has 2 aromatic carbocycles. The number of carbonyl (C=O) groups is 2. The van der Waals surface area contributed by atoms with Gasteiger partial charge < -0.3 is 20.1 Å². The summed E-state index contributed by atoms with van der Waals surface area (Å²) in [5.41, 5.74) is 1.15. The Kier molecular flexibility index (Phi) is 5.77. The minimum absolute atomic E-state index is 0.0729. The number of urea groups is 1. The Morgan fingerprint density at radius 2 is 1.77 bits per heavy atom. The topological polar surface area (TPSA) is 112 Å². The summed E-state index contributed by atoms with van der Waals surface area (Å²) < 4.78 is 0. The second kappa shape index (κ2) is 8.65. The van der Waals surface area contributed by atoms with Crippen molar-refractivity contribution in [3.8, 4) is 0 Å². The van der Waals surface area contributed by atoms with E-state index in [1.807, 2.05) is 0 Å². The van der Waals surface area contributed by atoms with Gasteiger partial charge in [-0.15, -0.1) is 0 Å². The summed E-state index contributed by atoms with van der Waals surface area (Å²) in [4.78, 5) is 42.6. The van der Waals surface area contributed by atoms with Crippen LogP contribution in [0.25, 0.3) is 10.9 Å². The first-order chi connectivity index (χ1) is 14.9. The Hall–Kier alpha value is -3.59. The zero-order valence-electron chi connectivity index (χ0n) is 16.5. The third-order valence-electron chi connectivity index (χ3n) is 5.21. The molecule has 0 saturated carbocycles. The molecule has 9 nitrogen and oxygen atoms in total. The van der Waals surface area contributed by atoms with Crippen molar-refractivity contribution in [1.29, 1.82) is 0 Å². The molecule has 3 amide bonds. The molecule has 0 atom stereocenters. The van der Waals surface area contributed by atoms with Gasteiger partial charge in [-0.1, -0.05) is 29.8 Å². The molecule has 2 N–H and O–H groups in total. The number of aromatic nitrogens is 1. The maximum atomic E-state index is 13.0. The highest BCUT2D eigenvalue weighted by Crippen LogP contribution is 2.26. The first kappa shape index (κ1) is 20.7. The third kappa shape index (κ3) is 4.46. The first-order valence-electron chi connectivity index (χ1n) is 9.79. The van der Waals surface area contributed by atoms with E-state index in [0.29, 0.717) is 59.9 Å². The van der Waals surface area contributed by atoms with Crippen LogP contribution < -0.4 is 5.32 Å². The number of fused-ring (bicyclic) bond motifs is 1. The van der Waals surface area contributed by atoms with Crippen LogP contribution in [0.15, 0.2) is 48.5 Å². The fourth-order valence-electron chi connectivity index (χ4n) is 3.67. The molecule has 1 fully saturated rings. The minimum Gasteiger partial charge on any atom is -0.345 e. The third-order valence-corrected chi connectivity index (χ3v) is 5.44. The quantitative estimate of drug-likeness (QED) is 0.470. The molecular formula is C21H20ClN5O4. The Bertz CT molecular complexity index is 1160. The summed E-state index contributed by atoms with van der Waals surface area (Å²) in [5.74, 6) is -0.248. The molecule has 0 unspecified atom stereocenters. The highest BCUT2D eigenvalue weighted by molar-refractivity contribution is 6.30. The van der Waals surface area contributed by atoms with Gasteiger partial charge in [0.25, 0.3) is 11.6 Å². The molecule has 10 heteroatoms. The predicted octanol–water partition coefficient (Wildman–Crippen LogP) is 4.11. The predicted molar refractivity (Wildman–Crippen MR) is 118 cm³/mol. The van der Waals surface area contributed by atoms with Gasteiger partial charge in [0.15, 0.2) is 0 Å². The number of amides is 3. The molecule has 3 aromatic rings. The van der Waals surface area contributed by atoms with E-state index < -0.39 is 4.92 Å². The number of hydrogen-bond donors (Lipinski definition) is 2. The van der Waals surface area contributed by atoms with E-state index in [2.05, 4.69) is 10.3 Å². The minimum atomic E-state index is -0.477. The lowest BCUT2D eigenvalue weighted by Gasteiger charge is -2.22. The van der Waals surface area contributed by atoms with E-state index in [-0.39, 0.29) is 17.6 Å². The van der Waals surface area contributed by atoms with Crippen LogP contribution in [0.1, 0.15) is 16.9 Å². The van der Waals surface area contributed by atoms with Crippen molar-refractivity contribution in [1.82, 2.24) is 14.8 Å². The number of non-ortho nitro benzene ring substituents is 1. The molecule has 1 aliphatic heterocycles. The molecule has 1 saturated heterocycles. The number of benzene rings is 2. The largest absolute Gasteiger partial charge is 0.345 e. The highest BCUT2D eigenvalue weighted by Gasteiger charge is 2.25. The monoisotopic (exact) mass is 441 g/mol. The zero-order valence-corrected chi connectivity index (χ0v) is 17.3. The number of nitrogens with zero attached hydrogens (tertiary/aromatic N) is 3. The highest BCUT2D eigenvalue weighted by atomic mass is 35.5. The van der Waals surface area contributed by atoms with Crippen LogP contribution in [0.3, 0.4) is 0 Å². The van der Waals surface area contributed by atoms with E-state index in [0.717, 1.165) is 0 Å². The van der Waals surface area contributed by atoms with Crippen molar-refractivity contribution < 1.29 is 14.5 Å². The van der Waals surface area contributed by atoms with Crippen molar-refractivity contribution in [2.75, 3.05) is 31.5 Å². The van der Waals surface area contributed by atoms with Gasteiger partial charge in [0.1, 0.15) is 11.2 Å². The molecular weight excluding hydrogens is 422 g/mol. The van der Waals surface area contributed by atoms with Crippen molar-refractivity contribution in [2.24, 2.45) is 0 Å². The van der Waals surface area contributed by atoms with E-state index in [1.165, 1.54) is 6.07 Å². The van der Waals surface area contributed by atoms with Crippen LogP contribution in [0.2, 0.25) is 5.02 Å². The van der Waals surface area contributed by atoms with E-state index in [4.69, 9.17) is 11.6 Å². The molecule has 160 valence electrons. The number of nitro benzene ring substituents is 1. The lowest BCUT2D eigenvalue weighted by atomic mass is 10.2. The number of nitrogens with one attached hydrogen (secondary N) is 2. The fourth-order valence-corrected chi connectivity index (χ4v) is 3.86. The average molecular weight is 442 g/mol. The van der Waals surface area contributed by atoms with Crippen molar-refractivity contribution in [3.05, 3.63) is 69.4 Å². The number of H-pyrrole nitrogens is 1. The summed E-state index contributed by atoms with van der Waals surface area (Å²) in [5, 5.41) is 15.2. The van der Waals surface area contributed by atoms with Gasteiger partial charge in [-0.3, -0.25) is 14.9 Å². The van der Waals surface area contributed by atoms with Gasteiger partial charge in [-0.25, -0.2) is 4.79 Å². The van der Waals surface area contributed by atoms with Crippen LogP contribution in [-0.2, 0) is 0 Å². The normalized spacial score (nSPS) is 14.4. The Balaban J connectivity index is 1.44. The lowest BCUT2D eigenvalue weighted by Crippen LogP contribution is -2.39. The van der Waals surface area contributed by atoms with Gasteiger partial charge in [-0.05, 0) is 30.7 Å². The lowest BCUT2D eigenvalue weighted by molar-refractivity contribution is -0.383. The van der Waals surface area contributed by atoms with Crippen LogP contribution in [-0.4, -0.2) is 57.8 Å². The Labute approximate surface area is 182 Å². The molecule has 4 rings (SSSR count). The summed E-state index contributed by atoms with van der Waals surface area (Å²) in [6.45, 7) is 1.73. The number of rotatable bonds is 3. The maximum absolute atomic E-state index is 13.0. The molecule has 0 aliphatic carbocycles. The van der Waals surface area contributed by atoms with Gasteiger partial charge >= 0.3 is 6.03 Å². The molecule has 0 radical (unpaired) electrons. The van der Waals surface area contributed by atoms with Crippen LogP contribution >= 0.6 is 11.6 Å². The average Bonchev–Trinajstić information content (AvgIpc) is 3.02. The molecule has 0 spiro atoms. The summed E-state index contributed by atoms with van der Waals surface area (Å²) in [6, 6.07) is 13.0. The number of hydrogen-bond acceptors (Lipinski definition) is 4. The van der Waals surface area contributed by atoms with Crippen LogP contribution in [0, 0.1) is 10.1 Å². The number of halogens is 1. The van der Waals surface area contributed by atoms with Gasteiger partial charge in [0.05, 0.1) is 4.92 Å². The smallest absolute Gasteiger partial charge is 0.321 e. The molecule has 31 heavy (non-hydrogen) atoms. The second-order valence-electron chi connectivity index (χ2n) is 7.25. The van der Waals surface area contributed by atoms with E-state index in [1.54, 1.807) is 52.3 Å². The van der Waals surface area contributed by atoms with E-state index in [9.17, 15) is 19.7 Å². The first-order valence-corrected chi connectivity index (χ1v) is 10.2. The molecule has 0 bridgehead atoms. The summed E-state index contributed by atoms with van der Waals surface area (Å²) in [7, 11) is 0. The number of aromatic amines is 1. The van der Waals surface area contributed by atoms with Gasteiger partial charge in [0.2, 0.25) is 0 Å². The Morgan fingerprint density at radius 1 is 1.03 bits per heavy atom. The van der Waals surface area contributed by atoms with Gasteiger partial charge in [-0.2, -0.15) is 0 Å². The maximum Gasteiger partial charge on any atom is 0.321 e. The van der Waals surface area contributed by atoms with Crippen molar-refractivity contribution in [2.45, 2.75) is 6.42 Å². The summed E-state index contributed by atoms with van der Waals surface area (Å²) in [6.07, 6.45) is 0.620. The number of para-hydroxylation sites is 1. The SMILES string of the molecule is O=C(Nc1cccc(Cl)c1)N1CCCN(C(=O)c2cc3cccc([N+](=O)[O-])c3[nH]2)CC1. The summed E-state index contributed by atoms with van der Waals surface area (Å²) >= 11 is 5.96. The molecule has 1 aliphatic rings.